The summed E-state index contributed by atoms with van der Waals surface area (Å²) in [6.07, 6.45) is 2.09. The third kappa shape index (κ3) is 4.61. The van der Waals surface area contributed by atoms with Gasteiger partial charge >= 0.3 is 5.97 Å². The van der Waals surface area contributed by atoms with Gasteiger partial charge in [-0.25, -0.2) is 9.37 Å². The number of esters is 1. The highest BCUT2D eigenvalue weighted by molar-refractivity contribution is 6.93. The number of hydrogen-bond acceptors (Lipinski definition) is 5. The highest BCUT2D eigenvalue weighted by atomic mass is 28.3. The topological polar surface area (TPSA) is 61.6 Å². The van der Waals surface area contributed by atoms with Crippen LogP contribution in [0.3, 0.4) is 0 Å². The second kappa shape index (κ2) is 9.77. The van der Waals surface area contributed by atoms with Crippen molar-refractivity contribution in [1.29, 1.82) is 0 Å². The third-order valence-electron chi connectivity index (χ3n) is 6.12. The van der Waals surface area contributed by atoms with Crippen LogP contribution in [-0.2, 0) is 22.4 Å². The van der Waals surface area contributed by atoms with Crippen molar-refractivity contribution in [3.63, 3.8) is 0 Å². The summed E-state index contributed by atoms with van der Waals surface area (Å²) >= 11 is 0. The number of hydrogen-bond donors (Lipinski definition) is 0. The molecule has 7 heteroatoms. The van der Waals surface area contributed by atoms with Crippen LogP contribution in [0.1, 0.15) is 58.4 Å². The first kappa shape index (κ1) is 24.1. The van der Waals surface area contributed by atoms with E-state index in [4.69, 9.17) is 18.9 Å². The third-order valence-corrected chi connectivity index (χ3v) is 12.8. The summed E-state index contributed by atoms with van der Waals surface area (Å²) in [5, 5.41) is 0. The quantitative estimate of drug-likeness (QED) is 0.409. The lowest BCUT2D eigenvalue weighted by molar-refractivity contribution is -0.139. The van der Waals surface area contributed by atoms with Gasteiger partial charge in [0.1, 0.15) is 5.76 Å². The van der Waals surface area contributed by atoms with Crippen LogP contribution in [0.25, 0.3) is 0 Å². The first-order valence-corrected chi connectivity index (χ1v) is 12.7. The molecule has 0 aliphatic rings. The summed E-state index contributed by atoms with van der Waals surface area (Å²) in [4.78, 5) is 16.4. The number of carbonyl (C=O) groups excluding carboxylic acids is 1. The summed E-state index contributed by atoms with van der Waals surface area (Å²) < 4.78 is 30.7. The molecule has 0 amide bonds. The number of nitrogens with zero attached hydrogens (tertiary/aromatic N) is 1. The van der Waals surface area contributed by atoms with Crippen molar-refractivity contribution in [2.75, 3.05) is 14.2 Å². The minimum atomic E-state index is -2.00. The van der Waals surface area contributed by atoms with Gasteiger partial charge in [-0.3, -0.25) is 4.79 Å². The molecule has 0 aliphatic heterocycles. The highest BCUT2D eigenvalue weighted by Crippen LogP contribution is 2.40. The molecule has 0 aliphatic carbocycles. The fourth-order valence-electron chi connectivity index (χ4n) is 4.93. The van der Waals surface area contributed by atoms with Crippen molar-refractivity contribution < 1.29 is 23.1 Å². The van der Waals surface area contributed by atoms with Crippen LogP contribution in [0.5, 0.6) is 5.75 Å². The summed E-state index contributed by atoms with van der Waals surface area (Å²) in [5.41, 5.74) is 3.45. The van der Waals surface area contributed by atoms with E-state index in [1.165, 1.54) is 20.3 Å². The van der Waals surface area contributed by atoms with Gasteiger partial charge in [-0.1, -0.05) is 47.6 Å². The van der Waals surface area contributed by atoms with Crippen LogP contribution in [0, 0.1) is 5.82 Å². The lowest BCUT2D eigenvalue weighted by atomic mass is 10.0. The smallest absolute Gasteiger partial charge is 0.310 e. The number of ether oxygens (including phenoxy) is 2. The Labute approximate surface area is 180 Å². The van der Waals surface area contributed by atoms with E-state index in [0.29, 0.717) is 39.9 Å². The van der Waals surface area contributed by atoms with Crippen molar-refractivity contribution >= 4 is 19.6 Å². The van der Waals surface area contributed by atoms with Crippen molar-refractivity contribution in [2.45, 2.75) is 71.0 Å². The van der Waals surface area contributed by atoms with Crippen LogP contribution in [0.4, 0.5) is 4.39 Å². The minimum Gasteiger partial charge on any atom is -0.493 e. The summed E-state index contributed by atoms with van der Waals surface area (Å²) in [6, 6.07) is 3.18. The molecule has 0 spiro atoms. The number of carbonyl (C=O) groups is 1. The van der Waals surface area contributed by atoms with Crippen molar-refractivity contribution in [1.82, 2.24) is 4.98 Å². The van der Waals surface area contributed by atoms with Gasteiger partial charge in [0.2, 0.25) is 0 Å². The summed E-state index contributed by atoms with van der Waals surface area (Å²) in [7, 11) is 0.693. The molecule has 1 aromatic carbocycles. The molecule has 0 N–H and O–H groups in total. The van der Waals surface area contributed by atoms with E-state index >= 15 is 0 Å². The maximum Gasteiger partial charge on any atom is 0.310 e. The summed E-state index contributed by atoms with van der Waals surface area (Å²) in [6.45, 7) is 13.5. The Morgan fingerprint density at radius 3 is 2.20 bits per heavy atom. The van der Waals surface area contributed by atoms with E-state index < -0.39 is 19.9 Å². The largest absolute Gasteiger partial charge is 0.493 e. The molecule has 0 saturated heterocycles. The average molecular weight is 436 g/mol. The van der Waals surface area contributed by atoms with Crippen molar-refractivity contribution in [2.24, 2.45) is 0 Å². The molecule has 0 bridgehead atoms. The fraction of sp³-hybridized carbons (Fsp3) is 0.565. The Kier molecular flexibility index (Phi) is 7.85. The molecule has 0 atom stereocenters. The number of methoxy groups -OCH3 is 2. The van der Waals surface area contributed by atoms with Gasteiger partial charge in [-0.15, -0.1) is 0 Å². The molecule has 5 nitrogen and oxygen atoms in total. The van der Waals surface area contributed by atoms with Crippen LogP contribution >= 0.6 is 0 Å². The molecule has 0 unspecified atom stereocenters. The van der Waals surface area contributed by atoms with Gasteiger partial charge in [0, 0.05) is 12.0 Å². The van der Waals surface area contributed by atoms with E-state index in [1.807, 2.05) is 0 Å². The molecule has 1 aromatic heterocycles. The number of oxazole rings is 1. The van der Waals surface area contributed by atoms with Gasteiger partial charge in [-0.2, -0.15) is 0 Å². The predicted molar refractivity (Wildman–Crippen MR) is 119 cm³/mol. The Morgan fingerprint density at radius 2 is 1.70 bits per heavy atom. The molecule has 30 heavy (non-hydrogen) atoms. The monoisotopic (exact) mass is 435 g/mol. The number of rotatable bonds is 9. The molecule has 166 valence electrons. The van der Waals surface area contributed by atoms with Crippen molar-refractivity contribution in [3.8, 4) is 5.75 Å². The standard InChI is InChI=1S/C23H34FNO4Si/c1-14(2)30(15(3)4,16(5)6)23-25-13-19(29-23)10-17-9-18(12-21(26)27-7)22(28-8)20(24)11-17/h9,11,13-16H,10,12H2,1-8H3. The molecule has 2 aromatic rings. The molecular formula is C23H34FNO4Si. The van der Waals surface area contributed by atoms with Crippen molar-refractivity contribution in [3.05, 3.63) is 41.0 Å². The number of halogens is 1. The Morgan fingerprint density at radius 1 is 1.10 bits per heavy atom. The van der Waals surface area contributed by atoms with Crippen LogP contribution in [0.2, 0.25) is 16.6 Å². The maximum absolute atomic E-state index is 14.6. The zero-order valence-corrected chi connectivity index (χ0v) is 20.3. The van der Waals surface area contributed by atoms with Gasteiger partial charge in [0.15, 0.2) is 25.2 Å². The van der Waals surface area contributed by atoms with E-state index in [9.17, 15) is 9.18 Å². The van der Waals surface area contributed by atoms with Crippen LogP contribution in [-0.4, -0.2) is 33.2 Å². The lowest BCUT2D eigenvalue weighted by Crippen LogP contribution is -2.56. The molecular weight excluding hydrogens is 401 g/mol. The number of benzene rings is 1. The second-order valence-corrected chi connectivity index (χ2v) is 14.5. The first-order chi connectivity index (χ1) is 14.1. The van der Waals surface area contributed by atoms with Crippen LogP contribution in [0.15, 0.2) is 22.7 Å². The normalized spacial score (nSPS) is 12.1. The summed E-state index contributed by atoms with van der Waals surface area (Å²) in [5.74, 6) is -0.206. The predicted octanol–water partition coefficient (Wildman–Crippen LogP) is 5.01. The number of aromatic nitrogens is 1. The maximum atomic E-state index is 14.6. The van der Waals surface area contributed by atoms with E-state index in [1.54, 1.807) is 12.3 Å². The molecule has 0 saturated carbocycles. The lowest BCUT2D eigenvalue weighted by Gasteiger charge is -2.39. The SMILES string of the molecule is COC(=O)Cc1cc(Cc2cnc([Si](C(C)C)(C(C)C)C(C)C)o2)cc(F)c1OC. The second-order valence-electron chi connectivity index (χ2n) is 8.73. The Balaban J connectivity index is 2.41. The highest BCUT2D eigenvalue weighted by Gasteiger charge is 2.48. The van der Waals surface area contributed by atoms with E-state index in [-0.39, 0.29) is 12.2 Å². The van der Waals surface area contributed by atoms with Gasteiger partial charge in [-0.05, 0) is 28.3 Å². The van der Waals surface area contributed by atoms with E-state index in [0.717, 1.165) is 5.51 Å². The molecule has 2 rings (SSSR count). The molecule has 1 heterocycles. The minimum absolute atomic E-state index is 0.0594. The van der Waals surface area contributed by atoms with Gasteiger partial charge in [0.05, 0.1) is 26.8 Å². The zero-order valence-electron chi connectivity index (χ0n) is 19.3. The van der Waals surface area contributed by atoms with Gasteiger partial charge < -0.3 is 13.9 Å². The van der Waals surface area contributed by atoms with E-state index in [2.05, 4.69) is 41.5 Å². The van der Waals surface area contributed by atoms with Crippen LogP contribution < -0.4 is 10.3 Å². The first-order valence-electron chi connectivity index (χ1n) is 10.4. The average Bonchev–Trinajstić information content (AvgIpc) is 3.09. The van der Waals surface area contributed by atoms with Gasteiger partial charge in [0.25, 0.3) is 0 Å². The molecule has 0 radical (unpaired) electrons. The Bertz CT molecular complexity index is 854. The Hall–Kier alpha value is -2.15. The fourth-order valence-corrected chi connectivity index (χ4v) is 11.0. The molecule has 0 fully saturated rings. The zero-order chi connectivity index (χ0) is 22.6.